The first-order valence-electron chi connectivity index (χ1n) is 7.44. The van der Waals surface area contributed by atoms with E-state index in [1.807, 2.05) is 6.07 Å². The first-order chi connectivity index (χ1) is 9.33. The zero-order valence-corrected chi connectivity index (χ0v) is 12.2. The molecule has 1 saturated carbocycles. The van der Waals surface area contributed by atoms with Crippen molar-refractivity contribution in [3.8, 4) is 0 Å². The van der Waals surface area contributed by atoms with Crippen molar-refractivity contribution in [2.45, 2.75) is 51.0 Å². The number of rotatable bonds is 3. The number of nitrogens with zero attached hydrogens (tertiary/aromatic N) is 1. The summed E-state index contributed by atoms with van der Waals surface area (Å²) < 4.78 is 1.26. The van der Waals surface area contributed by atoms with E-state index in [0.717, 1.165) is 22.9 Å². The molecule has 1 fully saturated rings. The average Bonchev–Trinajstić information content (AvgIpc) is 2.70. The lowest BCUT2D eigenvalue weighted by Gasteiger charge is -2.17. The Bertz CT molecular complexity index is 493. The van der Waals surface area contributed by atoms with Crippen molar-refractivity contribution in [2.24, 2.45) is 11.7 Å². The van der Waals surface area contributed by atoms with E-state index >= 15 is 0 Å². The summed E-state index contributed by atoms with van der Waals surface area (Å²) in [6, 6.07) is 8.45. The Morgan fingerprint density at radius 2 is 1.89 bits per heavy atom. The molecule has 2 nitrogen and oxygen atoms in total. The zero-order chi connectivity index (χ0) is 13.1. The van der Waals surface area contributed by atoms with E-state index in [-0.39, 0.29) is 6.04 Å². The maximum atomic E-state index is 6.39. The van der Waals surface area contributed by atoms with E-state index in [1.165, 1.54) is 43.2 Å². The molecule has 0 radical (unpaired) electrons. The maximum absolute atomic E-state index is 6.39. The highest BCUT2D eigenvalue weighted by Crippen LogP contribution is 2.32. The predicted molar refractivity (Wildman–Crippen MR) is 82.4 cm³/mol. The van der Waals surface area contributed by atoms with E-state index < -0.39 is 0 Å². The number of hydrogen-bond donors (Lipinski definition) is 1. The normalized spacial score (nSPS) is 19.4. The van der Waals surface area contributed by atoms with Crippen LogP contribution in [0.4, 0.5) is 0 Å². The molecule has 0 spiro atoms. The summed E-state index contributed by atoms with van der Waals surface area (Å²) in [5.41, 5.74) is 7.48. The van der Waals surface area contributed by atoms with Crippen LogP contribution in [0.15, 0.2) is 24.3 Å². The molecular formula is C16H22N2S. The summed E-state index contributed by atoms with van der Waals surface area (Å²) in [7, 11) is 0. The van der Waals surface area contributed by atoms with Crippen LogP contribution in [0.3, 0.4) is 0 Å². The standard InChI is InChI=1S/C16H22N2S/c17-13(11-12-7-3-1-2-4-8-12)16-18-14-9-5-6-10-15(14)19-16/h5-6,9-10,12-13H,1-4,7-8,11,17H2. The molecule has 0 amide bonds. The van der Waals surface area contributed by atoms with Gasteiger partial charge in [-0.1, -0.05) is 50.7 Å². The van der Waals surface area contributed by atoms with Gasteiger partial charge in [0.1, 0.15) is 5.01 Å². The van der Waals surface area contributed by atoms with Crippen LogP contribution >= 0.6 is 11.3 Å². The highest BCUT2D eigenvalue weighted by molar-refractivity contribution is 7.18. The molecule has 1 heterocycles. The third kappa shape index (κ3) is 3.15. The lowest BCUT2D eigenvalue weighted by molar-refractivity contribution is 0.392. The Kier molecular flexibility index (Phi) is 4.14. The molecule has 1 aliphatic rings. The van der Waals surface area contributed by atoms with Gasteiger partial charge in [-0.2, -0.15) is 0 Å². The fourth-order valence-corrected chi connectivity index (χ4v) is 4.09. The van der Waals surface area contributed by atoms with Crippen molar-refractivity contribution in [1.29, 1.82) is 0 Å². The lowest BCUT2D eigenvalue weighted by atomic mass is 9.93. The molecule has 19 heavy (non-hydrogen) atoms. The van der Waals surface area contributed by atoms with Crippen molar-refractivity contribution in [3.63, 3.8) is 0 Å². The second-order valence-electron chi connectivity index (χ2n) is 5.72. The van der Waals surface area contributed by atoms with Gasteiger partial charge in [0.25, 0.3) is 0 Å². The Labute approximate surface area is 119 Å². The number of aromatic nitrogens is 1. The third-order valence-corrected chi connectivity index (χ3v) is 5.36. The largest absolute Gasteiger partial charge is 0.322 e. The number of fused-ring (bicyclic) bond motifs is 1. The molecule has 2 N–H and O–H groups in total. The van der Waals surface area contributed by atoms with E-state index in [2.05, 4.69) is 18.2 Å². The summed E-state index contributed by atoms with van der Waals surface area (Å²) in [5.74, 6) is 0.810. The van der Waals surface area contributed by atoms with Crippen molar-refractivity contribution < 1.29 is 0 Å². The van der Waals surface area contributed by atoms with Crippen LogP contribution in [0.1, 0.15) is 56.0 Å². The van der Waals surface area contributed by atoms with Crippen LogP contribution in [-0.4, -0.2) is 4.98 Å². The molecule has 0 aliphatic heterocycles. The third-order valence-electron chi connectivity index (χ3n) is 4.19. The first kappa shape index (κ1) is 13.1. The van der Waals surface area contributed by atoms with Crippen LogP contribution in [0.25, 0.3) is 10.2 Å². The molecule has 3 rings (SSSR count). The van der Waals surface area contributed by atoms with Gasteiger partial charge in [0.15, 0.2) is 0 Å². The van der Waals surface area contributed by atoms with Crippen molar-refractivity contribution >= 4 is 21.6 Å². The van der Waals surface area contributed by atoms with Crippen molar-refractivity contribution in [1.82, 2.24) is 4.98 Å². The minimum absolute atomic E-state index is 0.125. The zero-order valence-electron chi connectivity index (χ0n) is 11.3. The molecule has 3 heteroatoms. The Morgan fingerprint density at radius 3 is 2.63 bits per heavy atom. The van der Waals surface area contributed by atoms with Crippen LogP contribution in [0.2, 0.25) is 0 Å². The number of thiazole rings is 1. The molecule has 102 valence electrons. The van der Waals surface area contributed by atoms with E-state index in [4.69, 9.17) is 10.7 Å². The lowest BCUT2D eigenvalue weighted by Crippen LogP contribution is -2.15. The van der Waals surface area contributed by atoms with Gasteiger partial charge >= 0.3 is 0 Å². The molecule has 1 atom stereocenters. The molecule has 1 unspecified atom stereocenters. The Balaban J connectivity index is 1.70. The smallest absolute Gasteiger partial charge is 0.111 e. The van der Waals surface area contributed by atoms with E-state index in [0.29, 0.717) is 0 Å². The van der Waals surface area contributed by atoms with Crippen LogP contribution in [-0.2, 0) is 0 Å². The average molecular weight is 274 g/mol. The monoisotopic (exact) mass is 274 g/mol. The summed E-state index contributed by atoms with van der Waals surface area (Å²) in [4.78, 5) is 4.70. The summed E-state index contributed by atoms with van der Waals surface area (Å²) in [6.07, 6.45) is 9.42. The fraction of sp³-hybridized carbons (Fsp3) is 0.562. The fourth-order valence-electron chi connectivity index (χ4n) is 3.11. The molecule has 1 aliphatic carbocycles. The minimum atomic E-state index is 0.125. The van der Waals surface area contributed by atoms with E-state index in [9.17, 15) is 0 Å². The molecule has 1 aromatic heterocycles. The summed E-state index contributed by atoms with van der Waals surface area (Å²) in [6.45, 7) is 0. The molecule has 0 saturated heterocycles. The van der Waals surface area contributed by atoms with Gasteiger partial charge < -0.3 is 5.73 Å². The van der Waals surface area contributed by atoms with Gasteiger partial charge in [-0.3, -0.25) is 0 Å². The number of nitrogens with two attached hydrogens (primary N) is 1. The number of para-hydroxylation sites is 1. The predicted octanol–water partition coefficient (Wildman–Crippen LogP) is 4.66. The van der Waals surface area contributed by atoms with E-state index in [1.54, 1.807) is 11.3 Å². The molecule has 1 aromatic carbocycles. The Morgan fingerprint density at radius 1 is 1.16 bits per heavy atom. The summed E-state index contributed by atoms with van der Waals surface area (Å²) >= 11 is 1.76. The van der Waals surface area contributed by atoms with Gasteiger partial charge in [0.2, 0.25) is 0 Å². The second kappa shape index (κ2) is 6.02. The molecular weight excluding hydrogens is 252 g/mol. The molecule has 0 bridgehead atoms. The van der Waals surface area contributed by atoms with Crippen LogP contribution in [0, 0.1) is 5.92 Å². The maximum Gasteiger partial charge on any atom is 0.111 e. The van der Waals surface area contributed by atoms with Crippen molar-refractivity contribution in [2.75, 3.05) is 0 Å². The van der Waals surface area contributed by atoms with Crippen molar-refractivity contribution in [3.05, 3.63) is 29.3 Å². The van der Waals surface area contributed by atoms with Gasteiger partial charge in [0.05, 0.1) is 16.3 Å². The van der Waals surface area contributed by atoms with Gasteiger partial charge in [-0.15, -0.1) is 11.3 Å². The van der Waals surface area contributed by atoms with Gasteiger partial charge in [-0.25, -0.2) is 4.98 Å². The second-order valence-corrected chi connectivity index (χ2v) is 6.78. The number of hydrogen-bond acceptors (Lipinski definition) is 3. The first-order valence-corrected chi connectivity index (χ1v) is 8.25. The topological polar surface area (TPSA) is 38.9 Å². The molecule has 2 aromatic rings. The highest BCUT2D eigenvalue weighted by atomic mass is 32.1. The van der Waals surface area contributed by atoms with Gasteiger partial charge in [-0.05, 0) is 24.5 Å². The van der Waals surface area contributed by atoms with Crippen LogP contribution < -0.4 is 5.73 Å². The number of benzene rings is 1. The SMILES string of the molecule is NC(CC1CCCCCC1)c1nc2ccccc2s1. The van der Waals surface area contributed by atoms with Gasteiger partial charge in [0, 0.05) is 0 Å². The summed E-state index contributed by atoms with van der Waals surface area (Å²) in [5, 5.41) is 1.12. The highest BCUT2D eigenvalue weighted by Gasteiger charge is 2.19. The quantitative estimate of drug-likeness (QED) is 0.827. The minimum Gasteiger partial charge on any atom is -0.322 e. The van der Waals surface area contributed by atoms with Crippen LogP contribution in [0.5, 0.6) is 0 Å². The Hall–Kier alpha value is -0.930.